The van der Waals surface area contributed by atoms with Gasteiger partial charge in [-0.25, -0.2) is 0 Å². The molecule has 1 N–H and O–H groups in total. The Kier molecular flexibility index (Phi) is 6.22. The van der Waals surface area contributed by atoms with Crippen LogP contribution in [0.15, 0.2) is 60.8 Å². The maximum Gasteiger partial charge on any atom is 0.0384 e. The van der Waals surface area contributed by atoms with Gasteiger partial charge < -0.3 is 5.32 Å². The second-order valence-electron chi connectivity index (χ2n) is 7.98. The summed E-state index contributed by atoms with van der Waals surface area (Å²) in [6.07, 6.45) is 9.20. The minimum Gasteiger partial charge on any atom is -0.356 e. The van der Waals surface area contributed by atoms with Crippen molar-refractivity contribution in [2.45, 2.75) is 53.4 Å². The third-order valence-corrected chi connectivity index (χ3v) is 3.36. The lowest BCUT2D eigenvalue weighted by Crippen LogP contribution is -2.10. The Balaban J connectivity index is 2.80. The fourth-order valence-corrected chi connectivity index (χ4v) is 2.03. The summed E-state index contributed by atoms with van der Waals surface area (Å²) in [5.74, 6) is 0. The fourth-order valence-electron chi connectivity index (χ4n) is 2.03. The number of benzene rings is 1. The van der Waals surface area contributed by atoms with Gasteiger partial charge in [0.1, 0.15) is 0 Å². The molecule has 0 bridgehead atoms. The Labute approximate surface area is 136 Å². The molecule has 0 aliphatic carbocycles. The lowest BCUT2D eigenvalue weighted by molar-refractivity contribution is 0.420. The number of allylic oxidation sites excluding steroid dienone is 4. The van der Waals surface area contributed by atoms with Crippen molar-refractivity contribution in [3.05, 3.63) is 66.4 Å². The largest absolute Gasteiger partial charge is 0.356 e. The van der Waals surface area contributed by atoms with Crippen molar-refractivity contribution >= 4 is 5.69 Å². The monoisotopic (exact) mass is 297 g/mol. The summed E-state index contributed by atoms with van der Waals surface area (Å²) >= 11 is 0. The first-order valence-corrected chi connectivity index (χ1v) is 7.99. The molecule has 0 spiro atoms. The SMILES string of the molecule is C=C/C=C(\C=C/CC(C)(C)C)Nc1ccc(C(C)(C)C)cc1. The van der Waals surface area contributed by atoms with Crippen LogP contribution in [0.25, 0.3) is 0 Å². The predicted octanol–water partition coefficient (Wildman–Crippen LogP) is 6.46. The number of rotatable bonds is 5. The molecule has 0 radical (unpaired) electrons. The first-order valence-electron chi connectivity index (χ1n) is 7.99. The number of anilines is 1. The van der Waals surface area contributed by atoms with Crippen LogP contribution < -0.4 is 5.32 Å². The van der Waals surface area contributed by atoms with Crippen LogP contribution in [0, 0.1) is 5.41 Å². The number of nitrogens with one attached hydrogen (secondary N) is 1. The Morgan fingerprint density at radius 3 is 2.09 bits per heavy atom. The van der Waals surface area contributed by atoms with E-state index in [1.54, 1.807) is 0 Å². The van der Waals surface area contributed by atoms with Gasteiger partial charge in [-0.2, -0.15) is 0 Å². The maximum absolute atomic E-state index is 3.80. The average Bonchev–Trinajstić information content (AvgIpc) is 2.37. The van der Waals surface area contributed by atoms with Crippen LogP contribution in [0.4, 0.5) is 5.69 Å². The van der Waals surface area contributed by atoms with Crippen LogP contribution >= 0.6 is 0 Å². The van der Waals surface area contributed by atoms with Crippen molar-refractivity contribution in [1.82, 2.24) is 0 Å². The topological polar surface area (TPSA) is 12.0 Å². The zero-order valence-corrected chi connectivity index (χ0v) is 15.0. The summed E-state index contributed by atoms with van der Waals surface area (Å²) < 4.78 is 0. The van der Waals surface area contributed by atoms with E-state index in [2.05, 4.69) is 89.9 Å². The summed E-state index contributed by atoms with van der Waals surface area (Å²) in [6, 6.07) is 8.64. The van der Waals surface area contributed by atoms with Gasteiger partial charge in [0.05, 0.1) is 0 Å². The van der Waals surface area contributed by atoms with E-state index >= 15 is 0 Å². The molecule has 1 aromatic carbocycles. The molecule has 0 aromatic heterocycles. The highest BCUT2D eigenvalue weighted by atomic mass is 14.9. The third kappa shape index (κ3) is 6.80. The van der Waals surface area contributed by atoms with E-state index in [0.29, 0.717) is 5.41 Å². The van der Waals surface area contributed by atoms with Crippen molar-refractivity contribution in [3.63, 3.8) is 0 Å². The van der Waals surface area contributed by atoms with Crippen molar-refractivity contribution in [1.29, 1.82) is 0 Å². The zero-order valence-electron chi connectivity index (χ0n) is 15.0. The lowest BCUT2D eigenvalue weighted by atomic mass is 9.87. The van der Waals surface area contributed by atoms with E-state index < -0.39 is 0 Å². The Morgan fingerprint density at radius 2 is 1.64 bits per heavy atom. The average molecular weight is 297 g/mol. The first-order chi connectivity index (χ1) is 10.1. The van der Waals surface area contributed by atoms with Gasteiger partial charge >= 0.3 is 0 Å². The Morgan fingerprint density at radius 1 is 1.05 bits per heavy atom. The van der Waals surface area contributed by atoms with E-state index in [-0.39, 0.29) is 5.41 Å². The molecule has 0 saturated carbocycles. The van der Waals surface area contributed by atoms with Crippen molar-refractivity contribution in [3.8, 4) is 0 Å². The van der Waals surface area contributed by atoms with Gasteiger partial charge in [0.15, 0.2) is 0 Å². The van der Waals surface area contributed by atoms with E-state index in [9.17, 15) is 0 Å². The van der Waals surface area contributed by atoms with Crippen LogP contribution in [0.2, 0.25) is 0 Å². The minimum absolute atomic E-state index is 0.185. The molecule has 0 fully saturated rings. The third-order valence-electron chi connectivity index (χ3n) is 3.36. The quantitative estimate of drug-likeness (QED) is 0.615. The zero-order chi connectivity index (χ0) is 16.8. The molecule has 1 aromatic rings. The molecule has 0 unspecified atom stereocenters. The maximum atomic E-state index is 3.80. The molecule has 1 nitrogen and oxygen atoms in total. The van der Waals surface area contributed by atoms with Crippen LogP contribution in [-0.2, 0) is 5.41 Å². The van der Waals surface area contributed by atoms with Gasteiger partial charge in [-0.1, -0.05) is 72.4 Å². The normalized spacial score (nSPS) is 13.5. The van der Waals surface area contributed by atoms with Gasteiger partial charge in [-0.15, -0.1) is 0 Å². The molecule has 0 amide bonds. The van der Waals surface area contributed by atoms with Crippen molar-refractivity contribution in [2.24, 2.45) is 5.41 Å². The molecule has 0 aliphatic rings. The summed E-state index contributed by atoms with van der Waals surface area (Å²) in [6.45, 7) is 17.2. The van der Waals surface area contributed by atoms with Crippen LogP contribution in [0.1, 0.15) is 53.5 Å². The molecule has 0 aliphatic heterocycles. The molecular weight excluding hydrogens is 266 g/mol. The van der Waals surface area contributed by atoms with Crippen LogP contribution in [-0.4, -0.2) is 0 Å². The van der Waals surface area contributed by atoms with Crippen molar-refractivity contribution < 1.29 is 0 Å². The molecule has 120 valence electrons. The number of hydrogen-bond acceptors (Lipinski definition) is 1. The van der Waals surface area contributed by atoms with Crippen LogP contribution in [0.5, 0.6) is 0 Å². The highest BCUT2D eigenvalue weighted by molar-refractivity contribution is 5.52. The fraction of sp³-hybridized carbons (Fsp3) is 0.429. The van der Waals surface area contributed by atoms with Gasteiger partial charge in [-0.3, -0.25) is 0 Å². The van der Waals surface area contributed by atoms with E-state index in [0.717, 1.165) is 17.8 Å². The predicted molar refractivity (Wildman–Crippen MR) is 100 cm³/mol. The van der Waals surface area contributed by atoms with Gasteiger partial charge in [0, 0.05) is 11.4 Å². The Hall–Kier alpha value is -1.76. The highest BCUT2D eigenvalue weighted by Gasteiger charge is 2.12. The summed E-state index contributed by atoms with van der Waals surface area (Å²) in [5, 5.41) is 3.45. The second kappa shape index (κ2) is 7.49. The standard InChI is InChI=1S/C21H31N/c1-8-10-18(11-9-16-20(2,3)4)22-19-14-12-17(13-15-19)21(5,6)7/h8-15,22H,1,16H2,2-7H3/b11-9-,18-10+. The second-order valence-corrected chi connectivity index (χ2v) is 7.98. The highest BCUT2D eigenvalue weighted by Crippen LogP contribution is 2.24. The summed E-state index contributed by atoms with van der Waals surface area (Å²) in [7, 11) is 0. The smallest absolute Gasteiger partial charge is 0.0384 e. The lowest BCUT2D eigenvalue weighted by Gasteiger charge is -2.19. The summed E-state index contributed by atoms with van der Waals surface area (Å²) in [5.41, 5.74) is 3.99. The molecular formula is C21H31N. The molecule has 0 saturated heterocycles. The van der Waals surface area contributed by atoms with E-state index in [1.165, 1.54) is 5.56 Å². The molecule has 1 rings (SSSR count). The van der Waals surface area contributed by atoms with Crippen LogP contribution in [0.3, 0.4) is 0 Å². The van der Waals surface area contributed by atoms with E-state index in [1.807, 2.05) is 12.2 Å². The van der Waals surface area contributed by atoms with Gasteiger partial charge in [-0.05, 0) is 47.1 Å². The number of hydrogen-bond donors (Lipinski definition) is 1. The van der Waals surface area contributed by atoms with Gasteiger partial charge in [0.2, 0.25) is 0 Å². The minimum atomic E-state index is 0.185. The first kappa shape index (κ1) is 18.3. The molecule has 22 heavy (non-hydrogen) atoms. The molecule has 1 heteroatoms. The Bertz CT molecular complexity index is 531. The van der Waals surface area contributed by atoms with Crippen molar-refractivity contribution in [2.75, 3.05) is 5.32 Å². The molecule has 0 atom stereocenters. The van der Waals surface area contributed by atoms with E-state index in [4.69, 9.17) is 0 Å². The summed E-state index contributed by atoms with van der Waals surface area (Å²) in [4.78, 5) is 0. The van der Waals surface area contributed by atoms with Gasteiger partial charge in [0.25, 0.3) is 0 Å². The molecule has 0 heterocycles.